The Balaban J connectivity index is 1.84. The molecule has 1 aliphatic carbocycles. The predicted molar refractivity (Wildman–Crippen MR) is 98.1 cm³/mol. The maximum Gasteiger partial charge on any atom is 0.213 e. The number of rotatable bonds is 4. The van der Waals surface area contributed by atoms with Gasteiger partial charge in [0.2, 0.25) is 5.89 Å². The maximum absolute atomic E-state index is 5.81. The summed E-state index contributed by atoms with van der Waals surface area (Å²) in [4.78, 5) is 8.67. The Hall–Kier alpha value is -1.17. The minimum absolute atomic E-state index is 0.0138. The van der Waals surface area contributed by atoms with Gasteiger partial charge in [-0.05, 0) is 25.5 Å². The molecule has 1 aromatic heterocycles. The van der Waals surface area contributed by atoms with Crippen LogP contribution in [0.2, 0.25) is 0 Å². The van der Waals surface area contributed by atoms with Gasteiger partial charge in [-0.15, -0.1) is 0 Å². The second kappa shape index (κ2) is 8.08. The van der Waals surface area contributed by atoms with E-state index in [9.17, 15) is 0 Å². The lowest BCUT2D eigenvalue weighted by atomic mass is 9.94. The first kappa shape index (κ1) is 18.2. The molecule has 1 aliphatic rings. The molecule has 2 N–H and O–H groups in total. The van der Waals surface area contributed by atoms with Crippen molar-refractivity contribution >= 4 is 17.7 Å². The molecule has 0 amide bonds. The van der Waals surface area contributed by atoms with Crippen molar-refractivity contribution in [3.63, 3.8) is 0 Å². The van der Waals surface area contributed by atoms with Gasteiger partial charge >= 0.3 is 0 Å². The summed E-state index contributed by atoms with van der Waals surface area (Å²) < 4.78 is 5.81. The van der Waals surface area contributed by atoms with Crippen molar-refractivity contribution in [3.8, 4) is 0 Å². The molecule has 6 heteroatoms. The van der Waals surface area contributed by atoms with Gasteiger partial charge in [0.25, 0.3) is 0 Å². The van der Waals surface area contributed by atoms with Crippen LogP contribution in [0.5, 0.6) is 0 Å². The quantitative estimate of drug-likeness (QED) is 0.651. The summed E-state index contributed by atoms with van der Waals surface area (Å²) in [5.74, 6) is 2.43. The molecule has 2 rings (SSSR count). The zero-order valence-electron chi connectivity index (χ0n) is 15.0. The molecule has 1 aromatic rings. The van der Waals surface area contributed by atoms with E-state index in [-0.39, 0.29) is 5.41 Å². The summed E-state index contributed by atoms with van der Waals surface area (Å²) in [6.07, 6.45) is 9.05. The first-order chi connectivity index (χ1) is 10.9. The van der Waals surface area contributed by atoms with Crippen molar-refractivity contribution in [1.82, 2.24) is 15.6 Å². The molecule has 0 bridgehead atoms. The first-order valence-electron chi connectivity index (χ1n) is 8.37. The van der Waals surface area contributed by atoms with E-state index in [1.807, 2.05) is 18.0 Å². The molecule has 0 saturated heterocycles. The normalized spacial score (nSPS) is 22.9. The second-order valence-corrected chi connectivity index (χ2v) is 8.30. The highest BCUT2D eigenvalue weighted by Gasteiger charge is 2.22. The Morgan fingerprint density at radius 3 is 2.83 bits per heavy atom. The van der Waals surface area contributed by atoms with Gasteiger partial charge in [-0.3, -0.25) is 4.99 Å². The van der Waals surface area contributed by atoms with Crippen LogP contribution in [0.25, 0.3) is 0 Å². The summed E-state index contributed by atoms with van der Waals surface area (Å²) >= 11 is 1.97. The summed E-state index contributed by atoms with van der Waals surface area (Å²) in [7, 11) is 1.81. The molecule has 5 nitrogen and oxygen atoms in total. The average Bonchev–Trinajstić information content (AvgIpc) is 3.00. The minimum atomic E-state index is -0.0138. The first-order valence-corrected chi connectivity index (χ1v) is 9.66. The van der Waals surface area contributed by atoms with Crippen molar-refractivity contribution in [2.45, 2.75) is 69.7 Å². The number of hydrogen-bond acceptors (Lipinski definition) is 4. The molecule has 1 saturated carbocycles. The molecule has 130 valence electrons. The molecule has 0 aliphatic heterocycles. The number of hydrogen-bond donors (Lipinski definition) is 2. The molecule has 2 atom stereocenters. The third-order valence-corrected chi connectivity index (χ3v) is 5.32. The van der Waals surface area contributed by atoms with Gasteiger partial charge in [-0.2, -0.15) is 11.8 Å². The number of thioether (sulfide) groups is 1. The molecular weight excluding hydrogens is 308 g/mol. The Bertz CT molecular complexity index is 521. The molecule has 0 spiro atoms. The van der Waals surface area contributed by atoms with Gasteiger partial charge in [0.05, 0.1) is 12.7 Å². The highest BCUT2D eigenvalue weighted by molar-refractivity contribution is 7.99. The smallest absolute Gasteiger partial charge is 0.213 e. The van der Waals surface area contributed by atoms with E-state index in [2.05, 4.69) is 47.6 Å². The third-order valence-electron chi connectivity index (χ3n) is 4.22. The SMILES string of the molecule is CN=C(NCc1ncc(C(C)(C)C)o1)NC1CCCC(SC)C1. The number of nitrogens with one attached hydrogen (secondary N) is 2. The second-order valence-electron chi connectivity index (χ2n) is 7.16. The molecule has 23 heavy (non-hydrogen) atoms. The van der Waals surface area contributed by atoms with E-state index in [4.69, 9.17) is 4.42 Å². The zero-order valence-corrected chi connectivity index (χ0v) is 15.8. The summed E-state index contributed by atoms with van der Waals surface area (Å²) in [5, 5.41) is 7.60. The summed E-state index contributed by atoms with van der Waals surface area (Å²) in [6.45, 7) is 6.91. The van der Waals surface area contributed by atoms with E-state index in [0.29, 0.717) is 18.5 Å². The Labute approximate surface area is 144 Å². The van der Waals surface area contributed by atoms with Crippen molar-refractivity contribution < 1.29 is 4.42 Å². The number of oxazole rings is 1. The number of aliphatic imine (C=N–C) groups is 1. The van der Waals surface area contributed by atoms with Gasteiger partial charge in [0.1, 0.15) is 5.76 Å². The van der Waals surface area contributed by atoms with Gasteiger partial charge < -0.3 is 15.1 Å². The largest absolute Gasteiger partial charge is 0.443 e. The lowest BCUT2D eigenvalue weighted by molar-refractivity contribution is 0.378. The van der Waals surface area contributed by atoms with E-state index >= 15 is 0 Å². The van der Waals surface area contributed by atoms with E-state index in [0.717, 1.165) is 17.0 Å². The van der Waals surface area contributed by atoms with Crippen LogP contribution < -0.4 is 10.6 Å². The topological polar surface area (TPSA) is 62.5 Å². The summed E-state index contributed by atoms with van der Waals surface area (Å²) in [6, 6.07) is 0.502. The van der Waals surface area contributed by atoms with Crippen LogP contribution in [0.15, 0.2) is 15.6 Å². The number of nitrogens with zero attached hydrogens (tertiary/aromatic N) is 2. The molecule has 2 unspecified atom stereocenters. The lowest BCUT2D eigenvalue weighted by Crippen LogP contribution is -2.45. The lowest BCUT2D eigenvalue weighted by Gasteiger charge is -2.29. The van der Waals surface area contributed by atoms with Crippen LogP contribution in [0, 0.1) is 0 Å². The molecule has 0 radical (unpaired) electrons. The van der Waals surface area contributed by atoms with Crippen molar-refractivity contribution in [1.29, 1.82) is 0 Å². The van der Waals surface area contributed by atoms with Crippen molar-refractivity contribution in [2.24, 2.45) is 4.99 Å². The van der Waals surface area contributed by atoms with Gasteiger partial charge in [-0.25, -0.2) is 4.98 Å². The van der Waals surface area contributed by atoms with Crippen molar-refractivity contribution in [2.75, 3.05) is 13.3 Å². The van der Waals surface area contributed by atoms with Crippen LogP contribution in [-0.4, -0.2) is 35.5 Å². The van der Waals surface area contributed by atoms with Crippen LogP contribution in [0.1, 0.15) is 58.1 Å². The highest BCUT2D eigenvalue weighted by Crippen LogP contribution is 2.27. The maximum atomic E-state index is 5.81. The fourth-order valence-corrected chi connectivity index (χ4v) is 3.60. The zero-order chi connectivity index (χ0) is 16.9. The minimum Gasteiger partial charge on any atom is -0.443 e. The Morgan fingerprint density at radius 2 is 2.22 bits per heavy atom. The Morgan fingerprint density at radius 1 is 1.43 bits per heavy atom. The molecule has 1 fully saturated rings. The highest BCUT2D eigenvalue weighted by atomic mass is 32.2. The summed E-state index contributed by atoms with van der Waals surface area (Å²) in [5.41, 5.74) is -0.0138. The third kappa shape index (κ3) is 5.44. The number of aromatic nitrogens is 1. The van der Waals surface area contributed by atoms with Crippen LogP contribution in [-0.2, 0) is 12.0 Å². The van der Waals surface area contributed by atoms with Gasteiger partial charge in [0, 0.05) is 23.8 Å². The Kier molecular flexibility index (Phi) is 6.39. The fraction of sp³-hybridized carbons (Fsp3) is 0.765. The molecule has 0 aromatic carbocycles. The van der Waals surface area contributed by atoms with Crippen LogP contribution in [0.4, 0.5) is 0 Å². The number of guanidine groups is 1. The molecule has 1 heterocycles. The van der Waals surface area contributed by atoms with E-state index in [1.165, 1.54) is 25.7 Å². The standard InChI is InChI=1S/C17H30N4OS/c1-17(2,3)14-10-19-15(22-14)11-20-16(18-4)21-12-7-6-8-13(9-12)23-5/h10,12-13H,6-9,11H2,1-5H3,(H2,18,20,21). The van der Waals surface area contributed by atoms with Crippen molar-refractivity contribution in [3.05, 3.63) is 17.8 Å². The monoisotopic (exact) mass is 338 g/mol. The average molecular weight is 339 g/mol. The van der Waals surface area contributed by atoms with Gasteiger partial charge in [-0.1, -0.05) is 27.2 Å². The molecular formula is C17H30N4OS. The van der Waals surface area contributed by atoms with Crippen LogP contribution in [0.3, 0.4) is 0 Å². The van der Waals surface area contributed by atoms with E-state index in [1.54, 1.807) is 7.05 Å². The fourth-order valence-electron chi connectivity index (χ4n) is 2.78. The van der Waals surface area contributed by atoms with Gasteiger partial charge in [0.15, 0.2) is 5.96 Å². The predicted octanol–water partition coefficient (Wildman–Crippen LogP) is 3.31. The van der Waals surface area contributed by atoms with Crippen LogP contribution >= 0.6 is 11.8 Å². The van der Waals surface area contributed by atoms with E-state index < -0.39 is 0 Å².